The molecule has 3 radical (unpaired) electrons. The predicted molar refractivity (Wildman–Crippen MR) is 182 cm³/mol. The molecule has 0 atom stereocenters. The first-order valence-corrected chi connectivity index (χ1v) is 17.6. The summed E-state index contributed by atoms with van der Waals surface area (Å²) in [4.78, 5) is 34.2. The minimum Gasteiger partial charge on any atom is -0.457 e. The Balaban J connectivity index is -0.000000421. The fourth-order valence-corrected chi connectivity index (χ4v) is 4.08. The zero-order valence-corrected chi connectivity index (χ0v) is 35.8. The molecule has 0 aliphatic heterocycles. The van der Waals surface area contributed by atoms with E-state index in [1.54, 1.807) is 24.8 Å². The molecule has 355 valence electrons. The molecule has 8 heterocycles. The average Bonchev–Trinajstić information content (AvgIpc) is 4.02. The molecule has 8 aromatic heterocycles. The van der Waals surface area contributed by atoms with Gasteiger partial charge in [-0.25, -0.2) is 37.3 Å². The number of aromatic nitrogens is 16. The second-order valence-electron chi connectivity index (χ2n) is 10.2. The standard InChI is InChI=1S/2C15H10N8.2ClHO4.3Cu.5H2O/c2*1-3-7-16-10(5-1)14-18-12(20-22-14)9-13-19-15(23-21-13)11-6-2-4-8-17-11;2*2-1(3,4)5;;;;;;;;/h2*1-8H,9H2;2*(H,2,3,4,5);;;;5*1H2/q2*-2;;;3*+2;;;;;/p+1. The van der Waals surface area contributed by atoms with Gasteiger partial charge < -0.3 is 67.7 Å². The fraction of sp³-hybridized carbons (Fsp3) is 0.0667. The van der Waals surface area contributed by atoms with Crippen LogP contribution in [0.15, 0.2) is 97.6 Å². The van der Waals surface area contributed by atoms with Crippen molar-refractivity contribution in [1.82, 2.24) is 80.7 Å². The van der Waals surface area contributed by atoms with Crippen LogP contribution in [0.2, 0.25) is 0 Å². The topological polar surface area (TPSA) is 558 Å². The monoisotopic (exact) mass is 1080 g/mol. The van der Waals surface area contributed by atoms with Gasteiger partial charge in [-0.15, -0.1) is 20.5 Å². The minimum absolute atomic E-state index is 0. The minimum atomic E-state index is -4.94. The number of hydrogen-bond acceptors (Lipinski definition) is 20. The second-order valence-corrected chi connectivity index (χ2v) is 11.7. The van der Waals surface area contributed by atoms with Crippen LogP contribution in [0.25, 0.3) is 46.1 Å². The maximum absolute atomic E-state index is 8.49. The Morgan fingerprint density at radius 3 is 0.984 bits per heavy atom. The summed E-state index contributed by atoms with van der Waals surface area (Å²) in [5, 5.41) is 32.3. The van der Waals surface area contributed by atoms with E-state index in [0.29, 0.717) is 82.2 Å². The molecule has 0 saturated carbocycles. The third-order valence-corrected chi connectivity index (χ3v) is 6.19. The molecular formula is C30H33Cl2Cu3N16O13+3. The van der Waals surface area contributed by atoms with Gasteiger partial charge in [0.25, 0.3) is 0 Å². The van der Waals surface area contributed by atoms with E-state index in [9.17, 15) is 0 Å². The van der Waals surface area contributed by atoms with Crippen LogP contribution >= 0.6 is 0 Å². The Morgan fingerprint density at radius 1 is 0.391 bits per heavy atom. The number of hydrogen-bond donors (Lipinski definition) is 0. The van der Waals surface area contributed by atoms with Crippen LogP contribution in [0.4, 0.5) is 0 Å². The van der Waals surface area contributed by atoms with Gasteiger partial charge in [-0.2, -0.15) is 0 Å². The number of halogens is 2. The van der Waals surface area contributed by atoms with Crippen LogP contribution in [-0.4, -0.2) is 71.2 Å². The van der Waals surface area contributed by atoms with Gasteiger partial charge in [0, 0.05) is 55.1 Å². The largest absolute Gasteiger partial charge is 2.00 e. The summed E-state index contributed by atoms with van der Waals surface area (Å²) >= 11 is 0. The first-order valence-electron chi connectivity index (χ1n) is 15.1. The quantitative estimate of drug-likeness (QED) is 0.101. The van der Waals surface area contributed by atoms with E-state index in [-0.39, 0.29) is 78.6 Å². The third-order valence-electron chi connectivity index (χ3n) is 6.19. The Hall–Kier alpha value is -5.22. The first kappa shape index (κ1) is 65.4. The summed E-state index contributed by atoms with van der Waals surface area (Å²) in [5.41, 5.74) is 2.73. The van der Waals surface area contributed by atoms with Crippen molar-refractivity contribution >= 4 is 0 Å². The van der Waals surface area contributed by atoms with Gasteiger partial charge in [0.2, 0.25) is 0 Å². The van der Waals surface area contributed by atoms with Gasteiger partial charge in [0.15, 0.2) is 0 Å². The van der Waals surface area contributed by atoms with Gasteiger partial charge in [-0.1, -0.05) is 30.1 Å². The van der Waals surface area contributed by atoms with E-state index < -0.39 is 20.5 Å². The van der Waals surface area contributed by atoms with Gasteiger partial charge in [-0.05, 0) is 66.0 Å². The molecule has 64 heavy (non-hydrogen) atoms. The SMILES string of the molecule is O.O.[Cu+2].[Cu+2].[Cu+2].[O-][Cl+3]([O-])([O-])[O-].[O-][Cl+3]([O-])([O-])[O-].[OH3+].[OH3+].[OH3+].c1ccc(-c2n[n-]c(Cc3n[n-]c(-c4ccccn4)n3)n2)nc1.c1ccc(-c2nc(Cc3n[n-]c(-c4ccccn4)n3)n[n-]2)nc1. The molecule has 0 aliphatic carbocycles. The Labute approximate surface area is 394 Å². The number of nitrogens with zero attached hydrogens (tertiary/aromatic N) is 16. The Kier molecular flexibility index (Phi) is 32.3. The predicted octanol–water partition coefficient (Wildman–Crippen LogP) is -12.1. The normalized spacial score (nSPS) is 9.62. The van der Waals surface area contributed by atoms with Gasteiger partial charge in [0.05, 0.1) is 28.6 Å². The molecule has 0 spiro atoms. The molecule has 29 nitrogen and oxygen atoms in total. The van der Waals surface area contributed by atoms with E-state index in [4.69, 9.17) is 37.3 Å². The van der Waals surface area contributed by atoms with Crippen molar-refractivity contribution < 1.29 is 136 Å². The van der Waals surface area contributed by atoms with Gasteiger partial charge in [-0.3, -0.25) is 40.3 Å². The van der Waals surface area contributed by atoms with Crippen LogP contribution in [-0.2, 0) is 80.5 Å². The maximum atomic E-state index is 8.49. The zero-order valence-electron chi connectivity index (χ0n) is 31.5. The fourth-order valence-electron chi connectivity index (χ4n) is 4.08. The number of pyridine rings is 4. The smallest absolute Gasteiger partial charge is 0.457 e. The van der Waals surface area contributed by atoms with Crippen molar-refractivity contribution in [3.8, 4) is 46.1 Å². The van der Waals surface area contributed by atoms with Crippen molar-refractivity contribution in [1.29, 1.82) is 0 Å². The van der Waals surface area contributed by atoms with E-state index >= 15 is 0 Å². The molecule has 0 unspecified atom stereocenters. The third kappa shape index (κ3) is 23.5. The average molecular weight is 1090 g/mol. The Morgan fingerprint density at radius 2 is 0.688 bits per heavy atom. The molecule has 0 aliphatic rings. The molecule has 13 N–H and O–H groups in total. The van der Waals surface area contributed by atoms with Crippen LogP contribution in [0, 0.1) is 20.5 Å². The molecule has 0 fully saturated rings. The molecule has 8 aromatic rings. The maximum Gasteiger partial charge on any atom is 2.00 e. The van der Waals surface area contributed by atoms with Crippen molar-refractivity contribution in [2.45, 2.75) is 12.8 Å². The van der Waals surface area contributed by atoms with E-state index in [2.05, 4.69) is 80.7 Å². The summed E-state index contributed by atoms with van der Waals surface area (Å²) in [6, 6.07) is 22.2. The van der Waals surface area contributed by atoms with E-state index in [1.165, 1.54) is 0 Å². The van der Waals surface area contributed by atoms with Crippen LogP contribution in [0.5, 0.6) is 0 Å². The van der Waals surface area contributed by atoms with Crippen molar-refractivity contribution in [2.24, 2.45) is 0 Å². The van der Waals surface area contributed by atoms with Crippen LogP contribution in [0.1, 0.15) is 23.3 Å². The van der Waals surface area contributed by atoms with Gasteiger partial charge >= 0.3 is 51.2 Å². The molecular weight excluding hydrogens is 1050 g/mol. The Bertz CT molecular complexity index is 2040. The second kappa shape index (κ2) is 31.6. The molecule has 34 heteroatoms. The molecule has 0 saturated heterocycles. The summed E-state index contributed by atoms with van der Waals surface area (Å²) in [6.45, 7) is 0. The molecule has 0 bridgehead atoms. The summed E-state index contributed by atoms with van der Waals surface area (Å²) in [5.74, 6) is 4.10. The van der Waals surface area contributed by atoms with E-state index in [1.807, 2.05) is 72.8 Å². The number of rotatable bonds is 8. The summed E-state index contributed by atoms with van der Waals surface area (Å²) < 4.78 is 67.9. The zero-order chi connectivity index (χ0) is 40.0. The first-order chi connectivity index (χ1) is 26.8. The van der Waals surface area contributed by atoms with E-state index in [0.717, 1.165) is 0 Å². The van der Waals surface area contributed by atoms with Crippen LogP contribution in [0.3, 0.4) is 0 Å². The summed E-state index contributed by atoms with van der Waals surface area (Å²) in [6.07, 6.45) is 7.48. The molecule has 0 amide bonds. The van der Waals surface area contributed by atoms with Crippen LogP contribution < -0.4 is 57.7 Å². The molecule has 8 rings (SSSR count). The summed E-state index contributed by atoms with van der Waals surface area (Å²) in [7, 11) is -9.89. The van der Waals surface area contributed by atoms with Gasteiger partial charge in [0.1, 0.15) is 0 Å². The van der Waals surface area contributed by atoms with Crippen molar-refractivity contribution in [3.05, 3.63) is 121 Å². The van der Waals surface area contributed by atoms with Crippen molar-refractivity contribution in [3.63, 3.8) is 0 Å². The molecule has 0 aromatic carbocycles. The van der Waals surface area contributed by atoms with Crippen molar-refractivity contribution in [2.75, 3.05) is 0 Å².